The monoisotopic (exact) mass is 322 g/mol. The number of rotatable bonds is 2. The average Bonchev–Trinajstić information content (AvgIpc) is 3.25. The number of aromatic nitrogens is 1. The van der Waals surface area contributed by atoms with Crippen molar-refractivity contribution in [1.82, 2.24) is 4.57 Å². The fourth-order valence-electron chi connectivity index (χ4n) is 3.06. The lowest BCUT2D eigenvalue weighted by Gasteiger charge is -2.18. The Morgan fingerprint density at radius 3 is 2.61 bits per heavy atom. The van der Waals surface area contributed by atoms with Gasteiger partial charge in [0, 0.05) is 40.9 Å². The summed E-state index contributed by atoms with van der Waals surface area (Å²) in [5, 5.41) is 0.735. The van der Waals surface area contributed by atoms with Crippen molar-refractivity contribution < 1.29 is 4.79 Å². The largest absolute Gasteiger partial charge is 0.324 e. The Kier molecular flexibility index (Phi) is 3.43. The van der Waals surface area contributed by atoms with E-state index in [0.29, 0.717) is 12.1 Å². The standard InChI is InChI=1S/C19H15ClN2O/c20-17-7-4-8-18-16(17)9-12-22(18)19(23)14-5-3-6-15(13-14)21-10-1-2-11-21/h1-8,10-11,13H,9,12H2. The predicted octanol–water partition coefficient (Wildman–Crippen LogP) is 4.33. The molecule has 0 spiro atoms. The first-order chi connectivity index (χ1) is 11.2. The van der Waals surface area contributed by atoms with Gasteiger partial charge in [0.2, 0.25) is 0 Å². The Balaban J connectivity index is 1.69. The Bertz CT molecular complexity index is 871. The maximum Gasteiger partial charge on any atom is 0.258 e. The van der Waals surface area contributed by atoms with Gasteiger partial charge >= 0.3 is 0 Å². The zero-order chi connectivity index (χ0) is 15.8. The summed E-state index contributed by atoms with van der Waals surface area (Å²) in [5.41, 5.74) is 3.65. The SMILES string of the molecule is O=C(c1cccc(-n2cccc2)c1)N1CCc2c(Cl)cccc21. The van der Waals surface area contributed by atoms with Crippen LogP contribution < -0.4 is 4.90 Å². The summed E-state index contributed by atoms with van der Waals surface area (Å²) in [5.74, 6) is 0.0139. The number of hydrogen-bond donors (Lipinski definition) is 0. The van der Waals surface area contributed by atoms with Gasteiger partial charge in [-0.05, 0) is 54.4 Å². The number of amides is 1. The lowest BCUT2D eigenvalue weighted by molar-refractivity contribution is 0.0989. The minimum atomic E-state index is 0.0139. The smallest absolute Gasteiger partial charge is 0.258 e. The highest BCUT2D eigenvalue weighted by Gasteiger charge is 2.27. The first-order valence-corrected chi connectivity index (χ1v) is 7.94. The molecular formula is C19H15ClN2O. The van der Waals surface area contributed by atoms with Crippen LogP contribution in [-0.2, 0) is 6.42 Å². The molecule has 1 amide bonds. The van der Waals surface area contributed by atoms with Crippen LogP contribution in [0.3, 0.4) is 0 Å². The molecule has 1 aliphatic rings. The quantitative estimate of drug-likeness (QED) is 0.689. The first-order valence-electron chi connectivity index (χ1n) is 7.57. The number of nitrogens with zero attached hydrogens (tertiary/aromatic N) is 2. The molecule has 23 heavy (non-hydrogen) atoms. The maximum absolute atomic E-state index is 12.9. The third-order valence-corrected chi connectivity index (χ3v) is 4.57. The number of carbonyl (C=O) groups excluding carboxylic acids is 1. The van der Waals surface area contributed by atoms with Crippen molar-refractivity contribution in [3.63, 3.8) is 0 Å². The first kappa shape index (κ1) is 14.1. The number of fused-ring (bicyclic) bond motifs is 1. The summed E-state index contributed by atoms with van der Waals surface area (Å²) < 4.78 is 1.99. The minimum Gasteiger partial charge on any atom is -0.324 e. The molecule has 0 saturated carbocycles. The van der Waals surface area contributed by atoms with Gasteiger partial charge in [-0.25, -0.2) is 0 Å². The molecule has 0 fully saturated rings. The van der Waals surface area contributed by atoms with Crippen LogP contribution in [0.2, 0.25) is 5.02 Å². The molecule has 3 nitrogen and oxygen atoms in total. The van der Waals surface area contributed by atoms with E-state index in [1.807, 2.05) is 76.5 Å². The Labute approximate surface area is 139 Å². The van der Waals surface area contributed by atoms with E-state index in [9.17, 15) is 4.79 Å². The van der Waals surface area contributed by atoms with Crippen molar-refractivity contribution in [1.29, 1.82) is 0 Å². The second kappa shape index (κ2) is 5.60. The van der Waals surface area contributed by atoms with Crippen molar-refractivity contribution in [2.45, 2.75) is 6.42 Å². The molecule has 1 aromatic heterocycles. The second-order valence-corrected chi connectivity index (χ2v) is 5.99. The molecule has 3 aromatic rings. The van der Waals surface area contributed by atoms with Gasteiger partial charge in [0.1, 0.15) is 0 Å². The Hall–Kier alpha value is -2.52. The van der Waals surface area contributed by atoms with Gasteiger partial charge in [-0.3, -0.25) is 4.79 Å². The molecular weight excluding hydrogens is 308 g/mol. The number of halogens is 1. The van der Waals surface area contributed by atoms with Crippen molar-refractivity contribution in [2.75, 3.05) is 11.4 Å². The molecule has 1 aliphatic heterocycles. The highest BCUT2D eigenvalue weighted by atomic mass is 35.5. The summed E-state index contributed by atoms with van der Waals surface area (Å²) in [6.07, 6.45) is 4.74. The normalized spacial score (nSPS) is 13.2. The van der Waals surface area contributed by atoms with E-state index in [-0.39, 0.29) is 5.91 Å². The van der Waals surface area contributed by atoms with Crippen LogP contribution in [0.5, 0.6) is 0 Å². The van der Waals surface area contributed by atoms with Gasteiger partial charge < -0.3 is 9.47 Å². The lowest BCUT2D eigenvalue weighted by atomic mass is 10.1. The van der Waals surface area contributed by atoms with Crippen LogP contribution in [0.25, 0.3) is 5.69 Å². The fourth-order valence-corrected chi connectivity index (χ4v) is 3.33. The summed E-state index contributed by atoms with van der Waals surface area (Å²) in [6.45, 7) is 0.672. The van der Waals surface area contributed by atoms with Crippen LogP contribution >= 0.6 is 11.6 Å². The molecule has 0 bridgehead atoms. The topological polar surface area (TPSA) is 25.2 Å². The van der Waals surface area contributed by atoms with Crippen molar-refractivity contribution in [3.05, 3.63) is 83.1 Å². The van der Waals surface area contributed by atoms with Crippen LogP contribution in [0.4, 0.5) is 5.69 Å². The van der Waals surface area contributed by atoms with Crippen LogP contribution in [0, 0.1) is 0 Å². The van der Waals surface area contributed by atoms with E-state index in [4.69, 9.17) is 11.6 Å². The van der Waals surface area contributed by atoms with E-state index in [1.165, 1.54) is 0 Å². The van der Waals surface area contributed by atoms with Gasteiger partial charge in [-0.15, -0.1) is 0 Å². The molecule has 0 N–H and O–H groups in total. The zero-order valence-corrected chi connectivity index (χ0v) is 13.2. The van der Waals surface area contributed by atoms with Crippen LogP contribution in [0.15, 0.2) is 67.0 Å². The predicted molar refractivity (Wildman–Crippen MR) is 92.6 cm³/mol. The molecule has 4 heteroatoms. The summed E-state index contributed by atoms with van der Waals surface area (Å²) in [7, 11) is 0. The second-order valence-electron chi connectivity index (χ2n) is 5.58. The Morgan fingerprint density at radius 1 is 1.00 bits per heavy atom. The summed E-state index contributed by atoms with van der Waals surface area (Å²) in [6, 6.07) is 17.3. The van der Waals surface area contributed by atoms with Gasteiger partial charge in [0.05, 0.1) is 0 Å². The van der Waals surface area contributed by atoms with E-state index >= 15 is 0 Å². The van der Waals surface area contributed by atoms with Gasteiger partial charge in [-0.2, -0.15) is 0 Å². The van der Waals surface area contributed by atoms with E-state index in [1.54, 1.807) is 0 Å². The number of anilines is 1. The fraction of sp³-hybridized carbons (Fsp3) is 0.105. The van der Waals surface area contributed by atoms with Crippen molar-refractivity contribution >= 4 is 23.2 Å². The number of carbonyl (C=O) groups is 1. The molecule has 114 valence electrons. The molecule has 0 radical (unpaired) electrons. The van der Waals surface area contributed by atoms with E-state index in [0.717, 1.165) is 28.4 Å². The van der Waals surface area contributed by atoms with Gasteiger partial charge in [0.25, 0.3) is 5.91 Å². The molecule has 0 aliphatic carbocycles. The van der Waals surface area contributed by atoms with Crippen LogP contribution in [0.1, 0.15) is 15.9 Å². The molecule has 2 aromatic carbocycles. The van der Waals surface area contributed by atoms with Crippen LogP contribution in [-0.4, -0.2) is 17.0 Å². The van der Waals surface area contributed by atoms with Crippen molar-refractivity contribution in [3.8, 4) is 5.69 Å². The number of benzene rings is 2. The molecule has 0 atom stereocenters. The lowest BCUT2D eigenvalue weighted by Crippen LogP contribution is -2.28. The highest BCUT2D eigenvalue weighted by molar-refractivity contribution is 6.32. The average molecular weight is 323 g/mol. The molecule has 0 unspecified atom stereocenters. The molecule has 2 heterocycles. The zero-order valence-electron chi connectivity index (χ0n) is 12.4. The van der Waals surface area contributed by atoms with Gasteiger partial charge in [-0.1, -0.05) is 23.7 Å². The number of hydrogen-bond acceptors (Lipinski definition) is 1. The third-order valence-electron chi connectivity index (χ3n) is 4.21. The van der Waals surface area contributed by atoms with Gasteiger partial charge in [0.15, 0.2) is 0 Å². The minimum absolute atomic E-state index is 0.0139. The third kappa shape index (κ3) is 2.43. The molecule has 0 saturated heterocycles. The summed E-state index contributed by atoms with van der Waals surface area (Å²) >= 11 is 6.24. The molecule has 4 rings (SSSR count). The summed E-state index contributed by atoms with van der Waals surface area (Å²) in [4.78, 5) is 14.7. The Morgan fingerprint density at radius 2 is 1.78 bits per heavy atom. The van der Waals surface area contributed by atoms with E-state index in [2.05, 4.69) is 0 Å². The highest BCUT2D eigenvalue weighted by Crippen LogP contribution is 2.34. The van der Waals surface area contributed by atoms with E-state index < -0.39 is 0 Å². The maximum atomic E-state index is 12.9. The van der Waals surface area contributed by atoms with Crippen molar-refractivity contribution in [2.24, 2.45) is 0 Å².